The zero-order valence-electron chi connectivity index (χ0n) is 16.3. The van der Waals surface area contributed by atoms with Crippen molar-refractivity contribution in [2.24, 2.45) is 0 Å². The number of rotatable bonds is 6. The number of esters is 2. The topological polar surface area (TPSA) is 69.0 Å². The maximum atomic E-state index is 12.2. The predicted octanol–water partition coefficient (Wildman–Crippen LogP) is 3.64. The molecule has 4 rings (SSSR count). The maximum Gasteiger partial charge on any atom is 0.421 e. The van der Waals surface area contributed by atoms with E-state index in [0.717, 1.165) is 55.5 Å². The third-order valence-electron chi connectivity index (χ3n) is 5.53. The van der Waals surface area contributed by atoms with Gasteiger partial charge < -0.3 is 13.9 Å². The highest BCUT2D eigenvalue weighted by Gasteiger charge is 2.60. The van der Waals surface area contributed by atoms with Gasteiger partial charge >= 0.3 is 17.7 Å². The molecule has 1 atom stereocenters. The molecule has 0 saturated carbocycles. The smallest absolute Gasteiger partial charge is 0.421 e. The van der Waals surface area contributed by atoms with E-state index in [9.17, 15) is 9.59 Å². The Hall–Kier alpha value is -2.60. The fourth-order valence-corrected chi connectivity index (χ4v) is 4.54. The Morgan fingerprint density at radius 1 is 1.04 bits per heavy atom. The van der Waals surface area contributed by atoms with Crippen molar-refractivity contribution in [2.45, 2.75) is 51.4 Å². The molecule has 28 heavy (non-hydrogen) atoms. The highest BCUT2D eigenvalue weighted by atomic mass is 16.8. The average molecular weight is 383 g/mol. The second-order valence-electron chi connectivity index (χ2n) is 7.35. The van der Waals surface area contributed by atoms with Gasteiger partial charge in [0.1, 0.15) is 5.76 Å². The van der Waals surface area contributed by atoms with Crippen LogP contribution < -0.4 is 0 Å². The lowest BCUT2D eigenvalue weighted by molar-refractivity contribution is -0.217. The molecule has 2 aromatic rings. The lowest BCUT2D eigenvalue weighted by Gasteiger charge is -2.45. The van der Waals surface area contributed by atoms with Crippen LogP contribution in [-0.4, -0.2) is 36.0 Å². The monoisotopic (exact) mass is 383 g/mol. The lowest BCUT2D eigenvalue weighted by Crippen LogP contribution is -2.55. The van der Waals surface area contributed by atoms with Crippen molar-refractivity contribution in [1.82, 2.24) is 4.90 Å². The highest BCUT2D eigenvalue weighted by Crippen LogP contribution is 2.49. The molecule has 1 fully saturated rings. The lowest BCUT2D eigenvalue weighted by atomic mass is 9.78. The van der Waals surface area contributed by atoms with Crippen molar-refractivity contribution in [3.8, 4) is 11.3 Å². The molecule has 1 unspecified atom stereocenters. The summed E-state index contributed by atoms with van der Waals surface area (Å²) in [5, 5.41) is 0. The Labute approximate surface area is 164 Å². The summed E-state index contributed by atoms with van der Waals surface area (Å²) in [6.45, 7) is 5.92. The second kappa shape index (κ2) is 7.43. The van der Waals surface area contributed by atoms with Crippen molar-refractivity contribution >= 4 is 11.9 Å². The van der Waals surface area contributed by atoms with E-state index < -0.39 is 17.7 Å². The van der Waals surface area contributed by atoms with Crippen LogP contribution in [0.15, 0.2) is 41.0 Å². The van der Waals surface area contributed by atoms with Crippen LogP contribution in [0.5, 0.6) is 0 Å². The molecule has 1 aliphatic heterocycles. The Morgan fingerprint density at radius 2 is 1.75 bits per heavy atom. The SMILES string of the molecule is CCCN(CCC)C1CCc2cccc(-c3ccco3)c2C12OC(=O)C(=O)O2. The van der Waals surface area contributed by atoms with Crippen LogP contribution in [0.4, 0.5) is 0 Å². The third kappa shape index (κ3) is 2.92. The molecule has 1 aliphatic carbocycles. The van der Waals surface area contributed by atoms with Crippen LogP contribution in [0.2, 0.25) is 0 Å². The molecular weight excluding hydrogens is 358 g/mol. The van der Waals surface area contributed by atoms with E-state index >= 15 is 0 Å². The number of benzene rings is 1. The molecule has 0 bridgehead atoms. The molecule has 2 heterocycles. The third-order valence-corrected chi connectivity index (χ3v) is 5.53. The summed E-state index contributed by atoms with van der Waals surface area (Å²) < 4.78 is 17.2. The minimum Gasteiger partial charge on any atom is -0.464 e. The van der Waals surface area contributed by atoms with Gasteiger partial charge in [0.25, 0.3) is 0 Å². The zero-order valence-corrected chi connectivity index (χ0v) is 16.3. The molecule has 0 N–H and O–H groups in total. The summed E-state index contributed by atoms with van der Waals surface area (Å²) in [6, 6.07) is 9.33. The van der Waals surface area contributed by atoms with Gasteiger partial charge in [-0.2, -0.15) is 0 Å². The number of nitrogens with zero attached hydrogens (tertiary/aromatic N) is 1. The predicted molar refractivity (Wildman–Crippen MR) is 102 cm³/mol. The molecule has 6 nitrogen and oxygen atoms in total. The normalized spacial score (nSPS) is 20.3. The molecule has 0 radical (unpaired) electrons. The molecule has 0 amide bonds. The first-order valence-corrected chi connectivity index (χ1v) is 9.97. The standard InChI is InChI=1S/C22H25NO5/c1-3-12-23(13-4-2)18-11-10-15-7-5-8-16(17-9-6-14-26-17)19(15)22(18)27-20(24)21(25)28-22/h5-9,14,18H,3-4,10-13H2,1-2H3. The van der Waals surface area contributed by atoms with Gasteiger partial charge in [0.15, 0.2) is 0 Å². The van der Waals surface area contributed by atoms with Gasteiger partial charge in [0.2, 0.25) is 0 Å². The van der Waals surface area contributed by atoms with Crippen molar-refractivity contribution in [3.63, 3.8) is 0 Å². The average Bonchev–Trinajstić information content (AvgIpc) is 3.31. The number of carbonyl (C=O) groups excluding carboxylic acids is 2. The first-order valence-electron chi connectivity index (χ1n) is 9.97. The first kappa shape index (κ1) is 18.7. The molecule has 6 heteroatoms. The quantitative estimate of drug-likeness (QED) is 0.560. The van der Waals surface area contributed by atoms with Crippen LogP contribution in [0, 0.1) is 0 Å². The van der Waals surface area contributed by atoms with Crippen molar-refractivity contribution in [3.05, 3.63) is 47.7 Å². The molecule has 1 spiro atoms. The van der Waals surface area contributed by atoms with E-state index in [0.29, 0.717) is 5.76 Å². The van der Waals surface area contributed by atoms with E-state index in [1.165, 1.54) is 0 Å². The van der Waals surface area contributed by atoms with Crippen LogP contribution in [0.25, 0.3) is 11.3 Å². The van der Waals surface area contributed by atoms with Gasteiger partial charge in [0.05, 0.1) is 17.9 Å². The van der Waals surface area contributed by atoms with Gasteiger partial charge in [-0.1, -0.05) is 32.0 Å². The van der Waals surface area contributed by atoms with E-state index in [2.05, 4.69) is 18.7 Å². The van der Waals surface area contributed by atoms with E-state index in [1.807, 2.05) is 30.3 Å². The van der Waals surface area contributed by atoms with Crippen molar-refractivity contribution < 1.29 is 23.5 Å². The number of carbonyl (C=O) groups is 2. The van der Waals surface area contributed by atoms with E-state index in [4.69, 9.17) is 13.9 Å². The Kier molecular flexibility index (Phi) is 4.98. The summed E-state index contributed by atoms with van der Waals surface area (Å²) >= 11 is 0. The van der Waals surface area contributed by atoms with Crippen LogP contribution in [-0.2, 0) is 31.3 Å². The van der Waals surface area contributed by atoms with Gasteiger partial charge in [0, 0.05) is 5.56 Å². The fraction of sp³-hybridized carbons (Fsp3) is 0.455. The van der Waals surface area contributed by atoms with E-state index in [1.54, 1.807) is 6.26 Å². The minimum atomic E-state index is -1.44. The Bertz CT molecular complexity index is 851. The molecule has 148 valence electrons. The molecular formula is C22H25NO5. The number of aryl methyl sites for hydroxylation is 1. The molecule has 2 aliphatic rings. The number of ether oxygens (including phenoxy) is 2. The number of fused-ring (bicyclic) bond motifs is 2. The number of furan rings is 1. The largest absolute Gasteiger partial charge is 0.464 e. The minimum absolute atomic E-state index is 0.230. The molecule has 1 aromatic heterocycles. The second-order valence-corrected chi connectivity index (χ2v) is 7.35. The van der Waals surface area contributed by atoms with Crippen molar-refractivity contribution in [2.75, 3.05) is 13.1 Å². The first-order chi connectivity index (χ1) is 13.6. The summed E-state index contributed by atoms with van der Waals surface area (Å²) in [5.74, 6) is -2.64. The molecule has 1 saturated heterocycles. The Balaban J connectivity index is 1.90. The summed E-state index contributed by atoms with van der Waals surface area (Å²) in [5.41, 5.74) is 2.54. The highest BCUT2D eigenvalue weighted by molar-refractivity contribution is 6.31. The van der Waals surface area contributed by atoms with Crippen molar-refractivity contribution in [1.29, 1.82) is 0 Å². The zero-order chi connectivity index (χ0) is 19.7. The number of hydrogen-bond acceptors (Lipinski definition) is 6. The van der Waals surface area contributed by atoms with Gasteiger partial charge in [-0.05, 0) is 56.5 Å². The molecule has 1 aromatic carbocycles. The van der Waals surface area contributed by atoms with Gasteiger partial charge in [-0.15, -0.1) is 0 Å². The fourth-order valence-electron chi connectivity index (χ4n) is 4.54. The van der Waals surface area contributed by atoms with Gasteiger partial charge in [-0.25, -0.2) is 9.59 Å². The number of hydrogen-bond donors (Lipinski definition) is 0. The van der Waals surface area contributed by atoms with E-state index in [-0.39, 0.29) is 6.04 Å². The Morgan fingerprint density at radius 3 is 2.36 bits per heavy atom. The van der Waals surface area contributed by atoms with Crippen LogP contribution in [0.1, 0.15) is 44.2 Å². The van der Waals surface area contributed by atoms with Gasteiger partial charge in [-0.3, -0.25) is 4.90 Å². The maximum absolute atomic E-state index is 12.2. The summed E-state index contributed by atoms with van der Waals surface area (Å²) in [4.78, 5) is 26.7. The summed E-state index contributed by atoms with van der Waals surface area (Å²) in [6.07, 6.45) is 5.08. The summed E-state index contributed by atoms with van der Waals surface area (Å²) in [7, 11) is 0. The van der Waals surface area contributed by atoms with Crippen LogP contribution in [0.3, 0.4) is 0 Å². The van der Waals surface area contributed by atoms with Crippen LogP contribution >= 0.6 is 0 Å².